The van der Waals surface area contributed by atoms with Gasteiger partial charge < -0.3 is 9.64 Å². The summed E-state index contributed by atoms with van der Waals surface area (Å²) in [5.74, 6) is 0.252. The molecule has 1 atom stereocenters. The molecule has 0 aliphatic carbocycles. The summed E-state index contributed by atoms with van der Waals surface area (Å²) in [6, 6.07) is 8.21. The van der Waals surface area contributed by atoms with E-state index in [1.165, 1.54) is 5.56 Å². The molecule has 0 heterocycles. The van der Waals surface area contributed by atoms with Crippen LogP contribution in [-0.4, -0.2) is 37.1 Å². The average Bonchev–Trinajstić information content (AvgIpc) is 2.50. The van der Waals surface area contributed by atoms with E-state index in [-0.39, 0.29) is 11.9 Å². The summed E-state index contributed by atoms with van der Waals surface area (Å²) in [5, 5.41) is 0. The number of hydrogen-bond donors (Lipinski definition) is 0. The Bertz CT molecular complexity index is 453. The number of hydrogen-bond acceptors (Lipinski definition) is 3. The van der Waals surface area contributed by atoms with Crippen molar-refractivity contribution in [1.82, 2.24) is 4.90 Å². The molecule has 0 fully saturated rings. The molecule has 3 heteroatoms. The van der Waals surface area contributed by atoms with E-state index < -0.39 is 0 Å². The third-order valence-electron chi connectivity index (χ3n) is 4.05. The van der Waals surface area contributed by atoms with Crippen LogP contribution in [0.3, 0.4) is 0 Å². The smallest absolute Gasteiger partial charge is 0.313 e. The van der Waals surface area contributed by atoms with Crippen LogP contribution in [-0.2, 0) is 16.0 Å². The first-order chi connectivity index (χ1) is 10.5. The molecule has 1 rings (SSSR count). The fourth-order valence-corrected chi connectivity index (χ4v) is 2.65. The topological polar surface area (TPSA) is 29.5 Å². The Kier molecular flexibility index (Phi) is 8.18. The lowest BCUT2D eigenvalue weighted by Gasteiger charge is -2.20. The highest BCUT2D eigenvalue weighted by atomic mass is 16.5. The summed E-state index contributed by atoms with van der Waals surface area (Å²) in [7, 11) is 0. The first-order valence-electron chi connectivity index (χ1n) is 8.46. The van der Waals surface area contributed by atoms with Crippen molar-refractivity contribution in [2.75, 3.05) is 26.2 Å². The van der Waals surface area contributed by atoms with E-state index in [1.54, 1.807) is 0 Å². The molecular formula is C19H31NO2. The van der Waals surface area contributed by atoms with Crippen LogP contribution in [0.15, 0.2) is 24.3 Å². The summed E-state index contributed by atoms with van der Waals surface area (Å²) >= 11 is 0. The van der Waals surface area contributed by atoms with Gasteiger partial charge in [-0.1, -0.05) is 52.0 Å². The van der Waals surface area contributed by atoms with Crippen LogP contribution in [0.25, 0.3) is 0 Å². The van der Waals surface area contributed by atoms with Crippen molar-refractivity contribution in [2.45, 2.75) is 47.0 Å². The van der Waals surface area contributed by atoms with Crippen molar-refractivity contribution in [2.24, 2.45) is 5.92 Å². The van der Waals surface area contributed by atoms with Gasteiger partial charge in [-0.15, -0.1) is 0 Å². The van der Waals surface area contributed by atoms with Gasteiger partial charge in [0.25, 0.3) is 0 Å². The highest BCUT2D eigenvalue weighted by molar-refractivity contribution is 5.78. The van der Waals surface area contributed by atoms with Crippen LogP contribution in [0.5, 0.6) is 0 Å². The maximum absolute atomic E-state index is 12.3. The van der Waals surface area contributed by atoms with Gasteiger partial charge in [-0.2, -0.15) is 0 Å². The van der Waals surface area contributed by atoms with E-state index in [9.17, 15) is 4.79 Å². The normalized spacial score (nSPS) is 12.7. The van der Waals surface area contributed by atoms with Crippen molar-refractivity contribution in [3.05, 3.63) is 35.4 Å². The van der Waals surface area contributed by atoms with Gasteiger partial charge in [-0.05, 0) is 43.5 Å². The van der Waals surface area contributed by atoms with Crippen molar-refractivity contribution in [1.29, 1.82) is 0 Å². The third kappa shape index (κ3) is 5.80. The summed E-state index contributed by atoms with van der Waals surface area (Å²) < 4.78 is 5.47. The zero-order valence-corrected chi connectivity index (χ0v) is 14.8. The number of carbonyl (C=O) groups excluding carboxylic acids is 1. The molecule has 0 aliphatic rings. The lowest BCUT2D eigenvalue weighted by Crippen LogP contribution is -2.28. The lowest BCUT2D eigenvalue weighted by molar-refractivity contribution is -0.145. The molecular weight excluding hydrogens is 274 g/mol. The molecule has 1 aromatic carbocycles. The largest absolute Gasteiger partial charge is 0.464 e. The Morgan fingerprint density at radius 1 is 1.14 bits per heavy atom. The molecule has 1 unspecified atom stereocenters. The number of likely N-dealkylation sites (N-methyl/N-ethyl adjacent to an activating group) is 1. The first-order valence-corrected chi connectivity index (χ1v) is 8.46. The number of rotatable bonds is 9. The molecule has 0 amide bonds. The minimum atomic E-state index is -0.202. The maximum Gasteiger partial charge on any atom is 0.313 e. The molecule has 0 aromatic heterocycles. The van der Waals surface area contributed by atoms with E-state index in [0.29, 0.717) is 12.5 Å². The number of ether oxygens (including phenoxy) is 1. The van der Waals surface area contributed by atoms with Crippen molar-refractivity contribution < 1.29 is 9.53 Å². The quantitative estimate of drug-likeness (QED) is 0.649. The van der Waals surface area contributed by atoms with Gasteiger partial charge in [-0.25, -0.2) is 0 Å². The Labute approximate surface area is 135 Å². The zero-order chi connectivity index (χ0) is 16.5. The Balaban J connectivity index is 2.63. The van der Waals surface area contributed by atoms with E-state index in [2.05, 4.69) is 38.7 Å². The lowest BCUT2D eigenvalue weighted by atomic mass is 9.91. The molecule has 0 radical (unpaired) electrons. The molecule has 124 valence electrons. The number of benzene rings is 1. The highest BCUT2D eigenvalue weighted by Gasteiger charge is 2.20. The molecule has 0 spiro atoms. The van der Waals surface area contributed by atoms with Gasteiger partial charge >= 0.3 is 5.97 Å². The van der Waals surface area contributed by atoms with Gasteiger partial charge in [0, 0.05) is 6.54 Å². The predicted octanol–water partition coefficient (Wildman–Crippen LogP) is 3.87. The fraction of sp³-hybridized carbons (Fsp3) is 0.632. The fourth-order valence-electron chi connectivity index (χ4n) is 2.65. The SMILES string of the molecule is CCN(CC)CCOC(=O)C(C)c1ccccc1CC(C)C. The summed E-state index contributed by atoms with van der Waals surface area (Å²) in [6.07, 6.45) is 0.993. The molecule has 22 heavy (non-hydrogen) atoms. The van der Waals surface area contributed by atoms with E-state index >= 15 is 0 Å². The molecule has 1 aromatic rings. The van der Waals surface area contributed by atoms with Gasteiger partial charge in [0.1, 0.15) is 6.61 Å². The van der Waals surface area contributed by atoms with Crippen LogP contribution < -0.4 is 0 Å². The predicted molar refractivity (Wildman–Crippen MR) is 92.1 cm³/mol. The monoisotopic (exact) mass is 305 g/mol. The second kappa shape index (κ2) is 9.62. The van der Waals surface area contributed by atoms with Gasteiger partial charge in [0.05, 0.1) is 5.92 Å². The first kappa shape index (κ1) is 18.7. The van der Waals surface area contributed by atoms with Gasteiger partial charge in [0.2, 0.25) is 0 Å². The number of nitrogens with zero attached hydrogens (tertiary/aromatic N) is 1. The summed E-state index contributed by atoms with van der Waals surface area (Å²) in [6.45, 7) is 13.8. The van der Waals surface area contributed by atoms with E-state index in [1.807, 2.05) is 25.1 Å². The second-order valence-corrected chi connectivity index (χ2v) is 6.21. The molecule has 0 aliphatic heterocycles. The Morgan fingerprint density at radius 3 is 2.36 bits per heavy atom. The van der Waals surface area contributed by atoms with Crippen molar-refractivity contribution >= 4 is 5.97 Å². The van der Waals surface area contributed by atoms with Gasteiger partial charge in [-0.3, -0.25) is 4.79 Å². The molecule has 0 bridgehead atoms. The van der Waals surface area contributed by atoms with E-state index in [0.717, 1.165) is 31.6 Å². The molecule has 3 nitrogen and oxygen atoms in total. The third-order valence-corrected chi connectivity index (χ3v) is 4.05. The van der Waals surface area contributed by atoms with Crippen molar-refractivity contribution in [3.8, 4) is 0 Å². The van der Waals surface area contributed by atoms with Crippen LogP contribution in [0, 0.1) is 5.92 Å². The van der Waals surface area contributed by atoms with Gasteiger partial charge in [0.15, 0.2) is 0 Å². The molecule has 0 N–H and O–H groups in total. The summed E-state index contributed by atoms with van der Waals surface area (Å²) in [4.78, 5) is 14.6. The minimum Gasteiger partial charge on any atom is -0.464 e. The maximum atomic E-state index is 12.3. The van der Waals surface area contributed by atoms with Crippen LogP contribution in [0.4, 0.5) is 0 Å². The second-order valence-electron chi connectivity index (χ2n) is 6.21. The van der Waals surface area contributed by atoms with Crippen LogP contribution in [0.1, 0.15) is 51.7 Å². The number of esters is 1. The standard InChI is InChI=1S/C19H31NO2/c1-6-20(7-2)12-13-22-19(21)16(5)18-11-9-8-10-17(18)14-15(3)4/h8-11,15-16H,6-7,12-14H2,1-5H3. The number of carbonyl (C=O) groups is 1. The average molecular weight is 305 g/mol. The zero-order valence-electron chi connectivity index (χ0n) is 14.8. The highest BCUT2D eigenvalue weighted by Crippen LogP contribution is 2.23. The van der Waals surface area contributed by atoms with Crippen molar-refractivity contribution in [3.63, 3.8) is 0 Å². The Hall–Kier alpha value is -1.35. The van der Waals surface area contributed by atoms with Crippen LogP contribution >= 0.6 is 0 Å². The van der Waals surface area contributed by atoms with E-state index in [4.69, 9.17) is 4.74 Å². The molecule has 0 saturated carbocycles. The van der Waals surface area contributed by atoms with Crippen LogP contribution in [0.2, 0.25) is 0 Å². The minimum absolute atomic E-state index is 0.122. The Morgan fingerprint density at radius 2 is 1.77 bits per heavy atom. The summed E-state index contributed by atoms with van der Waals surface area (Å²) in [5.41, 5.74) is 2.36. The molecule has 0 saturated heterocycles.